The topological polar surface area (TPSA) is 49.4 Å². The number of hydrogen-bond donors (Lipinski definition) is 1. The summed E-state index contributed by atoms with van der Waals surface area (Å²) < 4.78 is 1.34. The second kappa shape index (κ2) is 4.66. The predicted molar refractivity (Wildman–Crippen MR) is 73.4 cm³/mol. The third kappa shape index (κ3) is 2.07. The molecule has 100 valence electrons. The Bertz CT molecular complexity index is 519. The molecule has 5 heteroatoms. The summed E-state index contributed by atoms with van der Waals surface area (Å²) in [7, 11) is 0. The number of nitrogens with zero attached hydrogens (tertiary/aromatic N) is 1. The van der Waals surface area contributed by atoms with Crippen LogP contribution in [0.2, 0.25) is 5.32 Å². The van der Waals surface area contributed by atoms with Gasteiger partial charge in [0.1, 0.15) is 0 Å². The summed E-state index contributed by atoms with van der Waals surface area (Å²) in [6.45, 7) is 1.88. The number of fused-ring (bicyclic) bond motifs is 1. The van der Waals surface area contributed by atoms with Crippen LogP contribution in [0.4, 0.5) is 4.79 Å². The average Bonchev–Trinajstić information content (AvgIpc) is 2.85. The zero-order chi connectivity index (χ0) is 13.5. The van der Waals surface area contributed by atoms with Gasteiger partial charge in [-0.2, -0.15) is 0 Å². The third-order valence-electron chi connectivity index (χ3n) is 3.98. The molecule has 1 N–H and O–H groups in total. The van der Waals surface area contributed by atoms with E-state index in [1.807, 2.05) is 25.1 Å². The Balaban J connectivity index is 1.70. The van der Waals surface area contributed by atoms with Crippen molar-refractivity contribution in [2.45, 2.75) is 36.7 Å². The minimum atomic E-state index is -0.603. The van der Waals surface area contributed by atoms with Crippen LogP contribution < -0.4 is 9.78 Å². The van der Waals surface area contributed by atoms with Crippen LogP contribution in [-0.2, 0) is 4.79 Å². The zero-order valence-corrected chi connectivity index (χ0v) is 12.5. The number of hydrogen-bond acceptors (Lipinski definition) is 2. The normalized spacial score (nSPS) is 29.5. The molecule has 0 aromatic heterocycles. The fourth-order valence-electron chi connectivity index (χ4n) is 2.87. The number of nitrogens with one attached hydrogen (secondary N) is 1. The molecule has 19 heavy (non-hydrogen) atoms. The molecule has 0 bridgehead atoms. The van der Waals surface area contributed by atoms with E-state index in [2.05, 4.69) is 17.4 Å². The zero-order valence-electron chi connectivity index (χ0n) is 10.8. The van der Waals surface area contributed by atoms with Gasteiger partial charge in [0.25, 0.3) is 0 Å². The summed E-state index contributed by atoms with van der Waals surface area (Å²) in [6.07, 6.45) is 1.71. The van der Waals surface area contributed by atoms with Crippen molar-refractivity contribution in [2.75, 3.05) is 0 Å². The van der Waals surface area contributed by atoms with Crippen molar-refractivity contribution in [2.24, 2.45) is 0 Å². The van der Waals surface area contributed by atoms with Crippen molar-refractivity contribution in [3.8, 4) is 0 Å². The minimum absolute atomic E-state index is 0.132. The Kier molecular flexibility index (Phi) is 3.11. The Morgan fingerprint density at radius 3 is 2.84 bits per heavy atom. The first-order chi connectivity index (χ1) is 9.11. The maximum atomic E-state index is 11.9. The molecular formula is C14H16N2O2Se. The molecule has 0 spiro atoms. The molecule has 0 aliphatic carbocycles. The number of amides is 3. The van der Waals surface area contributed by atoms with Crippen LogP contribution in [-0.4, -0.2) is 43.4 Å². The monoisotopic (exact) mass is 324 g/mol. The number of benzene rings is 1. The van der Waals surface area contributed by atoms with Gasteiger partial charge in [-0.15, -0.1) is 0 Å². The van der Waals surface area contributed by atoms with E-state index in [0.717, 1.165) is 18.2 Å². The molecule has 4 nitrogen and oxygen atoms in total. The summed E-state index contributed by atoms with van der Waals surface area (Å²) >= 11 is 0.350. The van der Waals surface area contributed by atoms with Gasteiger partial charge in [-0.05, 0) is 0 Å². The van der Waals surface area contributed by atoms with Crippen LogP contribution >= 0.6 is 0 Å². The molecule has 2 atom stereocenters. The quantitative estimate of drug-likeness (QED) is 0.664. The van der Waals surface area contributed by atoms with Gasteiger partial charge in [0.15, 0.2) is 0 Å². The average molecular weight is 323 g/mol. The van der Waals surface area contributed by atoms with Crippen molar-refractivity contribution < 1.29 is 9.59 Å². The van der Waals surface area contributed by atoms with Crippen LogP contribution in [0.1, 0.15) is 19.8 Å². The molecule has 1 aromatic rings. The second-order valence-corrected chi connectivity index (χ2v) is 7.51. The number of carbonyl (C=O) groups is 2. The van der Waals surface area contributed by atoms with Crippen molar-refractivity contribution in [1.82, 2.24) is 10.2 Å². The molecule has 0 radical (unpaired) electrons. The van der Waals surface area contributed by atoms with E-state index in [1.165, 1.54) is 4.46 Å². The van der Waals surface area contributed by atoms with E-state index < -0.39 is 5.54 Å². The molecule has 0 unspecified atom stereocenters. The summed E-state index contributed by atoms with van der Waals surface area (Å²) in [5.74, 6) is -0.132. The molecule has 2 heterocycles. The van der Waals surface area contributed by atoms with Gasteiger partial charge >= 0.3 is 118 Å². The first kappa shape index (κ1) is 12.7. The van der Waals surface area contributed by atoms with Gasteiger partial charge in [-0.1, -0.05) is 0 Å². The summed E-state index contributed by atoms with van der Waals surface area (Å²) in [4.78, 5) is 25.5. The van der Waals surface area contributed by atoms with E-state index in [-0.39, 0.29) is 18.0 Å². The number of rotatable bonds is 3. The molecule has 3 amide bonds. The van der Waals surface area contributed by atoms with E-state index in [1.54, 1.807) is 4.90 Å². The van der Waals surface area contributed by atoms with Crippen molar-refractivity contribution >= 4 is 31.4 Å². The Morgan fingerprint density at radius 1 is 1.37 bits per heavy atom. The van der Waals surface area contributed by atoms with E-state index in [4.69, 9.17) is 0 Å². The molecular weight excluding hydrogens is 307 g/mol. The Labute approximate surface area is 118 Å². The second-order valence-electron chi connectivity index (χ2n) is 5.22. The Hall–Kier alpha value is -1.32. The van der Waals surface area contributed by atoms with E-state index in [9.17, 15) is 9.59 Å². The van der Waals surface area contributed by atoms with Gasteiger partial charge in [-0.25, -0.2) is 0 Å². The molecule has 2 saturated heterocycles. The fraction of sp³-hybridized carbons (Fsp3) is 0.429. The molecule has 0 saturated carbocycles. The van der Waals surface area contributed by atoms with E-state index >= 15 is 0 Å². The van der Waals surface area contributed by atoms with Crippen LogP contribution in [0.25, 0.3) is 0 Å². The number of carbonyl (C=O) groups excluding carboxylic acids is 2. The molecule has 2 aliphatic heterocycles. The first-order valence-electron chi connectivity index (χ1n) is 6.44. The molecule has 1 aromatic carbocycles. The van der Waals surface area contributed by atoms with Crippen LogP contribution in [0.15, 0.2) is 30.3 Å². The van der Waals surface area contributed by atoms with Gasteiger partial charge in [-0.3, -0.25) is 0 Å². The molecule has 2 aliphatic rings. The number of imide groups is 1. The van der Waals surface area contributed by atoms with Crippen LogP contribution in [0.3, 0.4) is 0 Å². The SMILES string of the molecule is C[C@@]12CC[C@H](C[Se]c3ccccc3)N1C(=O)NC2=O. The third-order valence-corrected chi connectivity index (χ3v) is 6.40. The van der Waals surface area contributed by atoms with Crippen LogP contribution in [0, 0.1) is 0 Å². The molecule has 3 rings (SSSR count). The molecule has 2 fully saturated rings. The predicted octanol–water partition coefficient (Wildman–Crippen LogP) is 0.907. The Morgan fingerprint density at radius 2 is 2.11 bits per heavy atom. The van der Waals surface area contributed by atoms with Gasteiger partial charge < -0.3 is 0 Å². The maximum absolute atomic E-state index is 11.9. The summed E-state index contributed by atoms with van der Waals surface area (Å²) in [5.41, 5.74) is -0.603. The van der Waals surface area contributed by atoms with Crippen molar-refractivity contribution in [3.05, 3.63) is 30.3 Å². The first-order valence-corrected chi connectivity index (χ1v) is 8.51. The summed E-state index contributed by atoms with van der Waals surface area (Å²) in [5, 5.41) is 3.42. The standard InChI is InChI=1S/C14H16N2O2Se/c1-14-8-7-10(16(14)13(18)15-12(14)17)9-19-11-5-3-2-4-6-11/h2-6,10H,7-9H2,1H3,(H,15,17,18)/t10-,14+/m1/s1. The van der Waals surface area contributed by atoms with Gasteiger partial charge in [0.2, 0.25) is 0 Å². The van der Waals surface area contributed by atoms with Crippen molar-refractivity contribution in [3.63, 3.8) is 0 Å². The van der Waals surface area contributed by atoms with Crippen molar-refractivity contribution in [1.29, 1.82) is 0 Å². The summed E-state index contributed by atoms with van der Waals surface area (Å²) in [6, 6.07) is 10.4. The van der Waals surface area contributed by atoms with E-state index in [0.29, 0.717) is 15.0 Å². The van der Waals surface area contributed by atoms with Gasteiger partial charge in [0.05, 0.1) is 0 Å². The fourth-order valence-corrected chi connectivity index (χ4v) is 5.08. The van der Waals surface area contributed by atoms with Crippen LogP contribution in [0.5, 0.6) is 0 Å². The number of urea groups is 1. The van der Waals surface area contributed by atoms with Gasteiger partial charge in [0, 0.05) is 0 Å².